The minimum absolute atomic E-state index is 0.0612. The van der Waals surface area contributed by atoms with Gasteiger partial charge in [-0.25, -0.2) is 18.6 Å². The number of phenols is 1. The van der Waals surface area contributed by atoms with Crippen LogP contribution < -0.4 is 15.8 Å². The molecule has 0 bridgehead atoms. The van der Waals surface area contributed by atoms with Crippen molar-refractivity contribution >= 4 is 39.7 Å². The van der Waals surface area contributed by atoms with Crippen LogP contribution in [0.3, 0.4) is 0 Å². The lowest BCUT2D eigenvalue weighted by Gasteiger charge is -2.08. The zero-order valence-corrected chi connectivity index (χ0v) is 17.5. The number of ether oxygens (including phenoxy) is 1. The number of nitrogens with zero attached hydrogens (tertiary/aromatic N) is 1. The van der Waals surface area contributed by atoms with E-state index in [0.717, 1.165) is 29.5 Å². The van der Waals surface area contributed by atoms with Gasteiger partial charge in [-0.15, -0.1) is 0 Å². The van der Waals surface area contributed by atoms with E-state index < -0.39 is 29.0 Å². The van der Waals surface area contributed by atoms with Gasteiger partial charge in [-0.1, -0.05) is 35.6 Å². The highest BCUT2D eigenvalue weighted by molar-refractivity contribution is 7.18. The Morgan fingerprint density at radius 2 is 1.70 bits per heavy atom. The maximum absolute atomic E-state index is 14.0. The number of rotatable bonds is 6. The fraction of sp³-hybridized carbons (Fsp3) is 0. The molecule has 0 saturated carbocycles. The topological polar surface area (TPSA) is 115 Å². The van der Waals surface area contributed by atoms with Crippen molar-refractivity contribution in [3.8, 4) is 11.5 Å². The number of esters is 1. The molecule has 7 nitrogen and oxygen atoms in total. The molecule has 0 unspecified atom stereocenters. The number of nitrogen functional groups attached to an aromatic ring is 1. The van der Waals surface area contributed by atoms with Crippen LogP contribution >= 0.6 is 11.3 Å². The van der Waals surface area contributed by atoms with Crippen LogP contribution in [-0.4, -0.2) is 21.8 Å². The molecule has 10 heteroatoms. The van der Waals surface area contributed by atoms with Gasteiger partial charge < -0.3 is 20.9 Å². The summed E-state index contributed by atoms with van der Waals surface area (Å²) in [5, 5.41) is 13.2. The van der Waals surface area contributed by atoms with E-state index >= 15 is 0 Å². The quantitative estimate of drug-likeness (QED) is 0.210. The highest BCUT2D eigenvalue weighted by Gasteiger charge is 2.24. The first-order chi connectivity index (χ1) is 15.8. The molecule has 4 N–H and O–H groups in total. The number of ketones is 1. The number of hydrogen-bond acceptors (Lipinski definition) is 8. The molecule has 0 saturated heterocycles. The number of hydrogen-bond donors (Lipinski definition) is 3. The number of halogens is 2. The molecule has 0 atom stereocenters. The smallest absolute Gasteiger partial charge is 0.347 e. The van der Waals surface area contributed by atoms with Crippen LogP contribution in [0.25, 0.3) is 0 Å². The monoisotopic (exact) mass is 467 g/mol. The number of carbonyl (C=O) groups is 2. The Bertz CT molecular complexity index is 1340. The molecule has 33 heavy (non-hydrogen) atoms. The second kappa shape index (κ2) is 9.05. The Balaban J connectivity index is 1.52. The predicted molar refractivity (Wildman–Crippen MR) is 119 cm³/mol. The van der Waals surface area contributed by atoms with Crippen LogP contribution in [0.5, 0.6) is 11.5 Å². The molecule has 3 aromatic carbocycles. The van der Waals surface area contributed by atoms with Crippen molar-refractivity contribution in [1.82, 2.24) is 4.98 Å². The first kappa shape index (κ1) is 21.9. The average Bonchev–Trinajstić information content (AvgIpc) is 3.14. The highest BCUT2D eigenvalue weighted by Crippen LogP contribution is 2.32. The minimum Gasteiger partial charge on any atom is -0.507 e. The summed E-state index contributed by atoms with van der Waals surface area (Å²) in [5.74, 6) is -3.93. The summed E-state index contributed by atoms with van der Waals surface area (Å²) >= 11 is 0.789. The van der Waals surface area contributed by atoms with E-state index in [1.54, 1.807) is 30.3 Å². The SMILES string of the molecule is Nc1nc(Nc2ccc(C(=O)Oc3ccccc3)c(O)c2)sc1C(=O)c1c(F)cccc1F. The Labute approximate surface area is 190 Å². The molecule has 0 aliphatic carbocycles. The molecular weight excluding hydrogens is 452 g/mol. The number of thiazole rings is 1. The van der Waals surface area contributed by atoms with Crippen LogP contribution in [0.15, 0.2) is 66.7 Å². The van der Waals surface area contributed by atoms with Gasteiger partial charge in [-0.2, -0.15) is 0 Å². The third kappa shape index (κ3) is 4.65. The van der Waals surface area contributed by atoms with Gasteiger partial charge in [0.25, 0.3) is 0 Å². The summed E-state index contributed by atoms with van der Waals surface area (Å²) in [6.45, 7) is 0. The number of para-hydroxylation sites is 1. The molecule has 4 aromatic rings. The molecule has 0 aliphatic rings. The van der Waals surface area contributed by atoms with Gasteiger partial charge in [0.2, 0.25) is 5.78 Å². The Hall–Kier alpha value is -4.31. The molecule has 166 valence electrons. The lowest BCUT2D eigenvalue weighted by molar-refractivity contribution is 0.0731. The van der Waals surface area contributed by atoms with Gasteiger partial charge >= 0.3 is 5.97 Å². The van der Waals surface area contributed by atoms with Crippen LogP contribution in [-0.2, 0) is 0 Å². The third-order valence-electron chi connectivity index (χ3n) is 4.47. The number of aromatic hydroxyl groups is 1. The van der Waals surface area contributed by atoms with Gasteiger partial charge in [-0.05, 0) is 36.4 Å². The molecule has 0 spiro atoms. The number of nitrogens with one attached hydrogen (secondary N) is 1. The number of anilines is 3. The van der Waals surface area contributed by atoms with Gasteiger partial charge in [0, 0.05) is 11.8 Å². The second-order valence-electron chi connectivity index (χ2n) is 6.72. The van der Waals surface area contributed by atoms with E-state index in [9.17, 15) is 23.5 Å². The highest BCUT2D eigenvalue weighted by atomic mass is 32.1. The van der Waals surface area contributed by atoms with Crippen molar-refractivity contribution in [3.05, 3.63) is 94.4 Å². The summed E-state index contributed by atoms with van der Waals surface area (Å²) < 4.78 is 33.1. The fourth-order valence-electron chi connectivity index (χ4n) is 2.93. The first-order valence-corrected chi connectivity index (χ1v) is 10.3. The maximum atomic E-state index is 14.0. The number of carbonyl (C=O) groups excluding carboxylic acids is 2. The molecular formula is C23H15F2N3O4S. The number of benzene rings is 3. The van der Waals surface area contributed by atoms with Gasteiger partial charge in [-0.3, -0.25) is 4.79 Å². The van der Waals surface area contributed by atoms with Crippen LogP contribution in [0.1, 0.15) is 25.6 Å². The summed E-state index contributed by atoms with van der Waals surface area (Å²) in [6, 6.07) is 15.6. The third-order valence-corrected chi connectivity index (χ3v) is 5.46. The second-order valence-corrected chi connectivity index (χ2v) is 7.72. The van der Waals surface area contributed by atoms with E-state index in [2.05, 4.69) is 10.3 Å². The first-order valence-electron chi connectivity index (χ1n) is 9.45. The summed E-state index contributed by atoms with van der Waals surface area (Å²) in [7, 11) is 0. The molecule has 0 amide bonds. The molecule has 1 aromatic heterocycles. The minimum atomic E-state index is -1.01. The van der Waals surface area contributed by atoms with Crippen molar-refractivity contribution in [2.24, 2.45) is 0 Å². The van der Waals surface area contributed by atoms with Crippen molar-refractivity contribution in [2.45, 2.75) is 0 Å². The Morgan fingerprint density at radius 1 is 1.00 bits per heavy atom. The predicted octanol–water partition coefficient (Wildman–Crippen LogP) is 4.90. The van der Waals surface area contributed by atoms with Crippen LogP contribution in [0.2, 0.25) is 0 Å². The van der Waals surface area contributed by atoms with Gasteiger partial charge in [0.1, 0.15) is 39.4 Å². The fourth-order valence-corrected chi connectivity index (χ4v) is 3.78. The molecule has 1 heterocycles. The number of phenolic OH excluding ortho intramolecular Hbond substituents is 1. The van der Waals surface area contributed by atoms with Crippen molar-refractivity contribution in [1.29, 1.82) is 0 Å². The summed E-state index contributed by atoms with van der Waals surface area (Å²) in [6.07, 6.45) is 0. The number of aromatic nitrogens is 1. The zero-order chi connectivity index (χ0) is 23.5. The van der Waals surface area contributed by atoms with Gasteiger partial charge in [0.05, 0.1) is 5.56 Å². The van der Waals surface area contributed by atoms with Crippen molar-refractivity contribution < 1.29 is 28.2 Å². The molecule has 0 fully saturated rings. The molecule has 0 aliphatic heterocycles. The van der Waals surface area contributed by atoms with Crippen LogP contribution in [0.4, 0.5) is 25.4 Å². The molecule has 0 radical (unpaired) electrons. The Kier molecular flexibility index (Phi) is 6.01. The van der Waals surface area contributed by atoms with Gasteiger partial charge in [0.15, 0.2) is 5.13 Å². The van der Waals surface area contributed by atoms with E-state index in [0.29, 0.717) is 11.4 Å². The lowest BCUT2D eigenvalue weighted by Crippen LogP contribution is -2.08. The van der Waals surface area contributed by atoms with Crippen molar-refractivity contribution in [3.63, 3.8) is 0 Å². The van der Waals surface area contributed by atoms with E-state index in [1.807, 2.05) is 0 Å². The molecule has 4 rings (SSSR count). The summed E-state index contributed by atoms with van der Waals surface area (Å²) in [4.78, 5) is 28.7. The van der Waals surface area contributed by atoms with Crippen molar-refractivity contribution in [2.75, 3.05) is 11.1 Å². The Morgan fingerprint density at radius 3 is 2.36 bits per heavy atom. The van der Waals surface area contributed by atoms with Crippen LogP contribution in [0, 0.1) is 11.6 Å². The van der Waals surface area contributed by atoms with E-state index in [4.69, 9.17) is 10.5 Å². The van der Waals surface area contributed by atoms with E-state index in [1.165, 1.54) is 18.2 Å². The lowest BCUT2D eigenvalue weighted by atomic mass is 10.1. The zero-order valence-electron chi connectivity index (χ0n) is 16.7. The largest absolute Gasteiger partial charge is 0.507 e. The maximum Gasteiger partial charge on any atom is 0.347 e. The normalized spacial score (nSPS) is 10.6. The summed E-state index contributed by atoms with van der Waals surface area (Å²) in [5.41, 5.74) is 5.33. The van der Waals surface area contributed by atoms with E-state index in [-0.39, 0.29) is 27.1 Å². The standard InChI is InChI=1S/C23H15F2N3O4S/c24-15-7-4-8-16(25)18(15)19(30)20-21(26)28-23(33-20)27-12-9-10-14(17(29)11-12)22(31)32-13-5-2-1-3-6-13/h1-11,29H,26H2,(H,27,28). The average molecular weight is 467 g/mol. The number of nitrogens with two attached hydrogens (primary N) is 1.